The minimum atomic E-state index is -1.77. The minimum absolute atomic E-state index is 0.0492. The highest BCUT2D eigenvalue weighted by atomic mass is 19.1. The largest absolute Gasteiger partial charge is 0.390 e. The van der Waals surface area contributed by atoms with E-state index in [1.807, 2.05) is 27.7 Å². The van der Waals surface area contributed by atoms with Crippen LogP contribution < -0.4 is 16.4 Å². The molecule has 0 unspecified atom stereocenters. The third kappa shape index (κ3) is 10.4. The standard InChI is InChI=1S/C32H44F2N4O6/c1-6-8-38(9-7-2)32(44)23-14-21(29(35)41)13-22(15-23)31(43)37-26(12-20-10-24(33)16-25(34)11-20)28(40)27(39)19(5)30(42)36-17-18(3)4/h10-11,13-16,18-19,26-28,39-40H,6-9,12,17H2,1-5H3,(H2,35,41)(H,36,42)(H,37,43)/t19-,26+,27-,28-/m1/s1. The van der Waals surface area contributed by atoms with E-state index in [0.717, 1.165) is 12.1 Å². The van der Waals surface area contributed by atoms with E-state index in [4.69, 9.17) is 5.73 Å². The fourth-order valence-electron chi connectivity index (χ4n) is 4.71. The molecule has 6 N–H and O–H groups in total. The number of carbonyl (C=O) groups is 4. The van der Waals surface area contributed by atoms with Crippen molar-refractivity contribution in [2.75, 3.05) is 19.6 Å². The highest BCUT2D eigenvalue weighted by Gasteiger charge is 2.35. The number of hydrogen-bond acceptors (Lipinski definition) is 6. The summed E-state index contributed by atoms with van der Waals surface area (Å²) in [7, 11) is 0. The molecule has 0 heterocycles. The van der Waals surface area contributed by atoms with E-state index < -0.39 is 59.4 Å². The quantitative estimate of drug-likeness (QED) is 0.194. The first kappa shape index (κ1) is 36.3. The molecule has 0 radical (unpaired) electrons. The number of benzene rings is 2. The first-order valence-corrected chi connectivity index (χ1v) is 14.8. The molecule has 0 bridgehead atoms. The van der Waals surface area contributed by atoms with Gasteiger partial charge in [-0.2, -0.15) is 0 Å². The van der Waals surface area contributed by atoms with E-state index in [9.17, 15) is 38.2 Å². The Morgan fingerprint density at radius 3 is 1.91 bits per heavy atom. The van der Waals surface area contributed by atoms with Crippen molar-refractivity contribution in [3.63, 3.8) is 0 Å². The van der Waals surface area contributed by atoms with Crippen LogP contribution in [0.25, 0.3) is 0 Å². The Morgan fingerprint density at radius 2 is 1.39 bits per heavy atom. The Labute approximate surface area is 257 Å². The lowest BCUT2D eigenvalue weighted by Crippen LogP contribution is -2.53. The Bertz CT molecular complexity index is 1300. The SMILES string of the molecule is CCCN(CCC)C(=O)c1cc(C(N)=O)cc(C(=O)N[C@@H](Cc2cc(F)cc(F)c2)[C@@H](O)[C@H](O)[C@@H](C)C(=O)NCC(C)C)c1. The first-order valence-electron chi connectivity index (χ1n) is 14.8. The topological polar surface area (TPSA) is 162 Å². The second-order valence-electron chi connectivity index (χ2n) is 11.4. The second kappa shape index (κ2) is 16.8. The van der Waals surface area contributed by atoms with Crippen LogP contribution in [0.5, 0.6) is 0 Å². The lowest BCUT2D eigenvalue weighted by atomic mass is 9.90. The van der Waals surface area contributed by atoms with Gasteiger partial charge in [0.15, 0.2) is 0 Å². The molecular formula is C32H44F2N4O6. The van der Waals surface area contributed by atoms with Crippen LogP contribution in [0, 0.1) is 23.5 Å². The maximum Gasteiger partial charge on any atom is 0.253 e. The summed E-state index contributed by atoms with van der Waals surface area (Å²) < 4.78 is 28.0. The van der Waals surface area contributed by atoms with Gasteiger partial charge in [0, 0.05) is 42.4 Å². The molecule has 0 aliphatic carbocycles. The first-order chi connectivity index (χ1) is 20.7. The second-order valence-corrected chi connectivity index (χ2v) is 11.4. The van der Waals surface area contributed by atoms with Gasteiger partial charge in [0.25, 0.3) is 11.8 Å². The van der Waals surface area contributed by atoms with Crippen molar-refractivity contribution in [1.82, 2.24) is 15.5 Å². The van der Waals surface area contributed by atoms with E-state index in [-0.39, 0.29) is 34.6 Å². The third-order valence-electron chi connectivity index (χ3n) is 7.07. The van der Waals surface area contributed by atoms with Crippen LogP contribution in [0.4, 0.5) is 8.78 Å². The number of hydrogen-bond donors (Lipinski definition) is 5. The molecule has 0 saturated heterocycles. The van der Waals surface area contributed by atoms with Crippen LogP contribution >= 0.6 is 0 Å². The number of amides is 4. The molecule has 10 nitrogen and oxygen atoms in total. The van der Waals surface area contributed by atoms with E-state index in [1.165, 1.54) is 25.1 Å². The summed E-state index contributed by atoms with van der Waals surface area (Å²) in [6.45, 7) is 10.2. The van der Waals surface area contributed by atoms with E-state index in [0.29, 0.717) is 38.5 Å². The summed E-state index contributed by atoms with van der Waals surface area (Å²) in [4.78, 5) is 53.2. The number of aliphatic hydroxyl groups excluding tert-OH is 2. The molecule has 2 aromatic carbocycles. The minimum Gasteiger partial charge on any atom is -0.390 e. The van der Waals surface area contributed by atoms with Gasteiger partial charge >= 0.3 is 0 Å². The van der Waals surface area contributed by atoms with Crippen LogP contribution in [0.1, 0.15) is 84.1 Å². The predicted octanol–water partition coefficient (Wildman–Crippen LogP) is 2.80. The summed E-state index contributed by atoms with van der Waals surface area (Å²) in [5.74, 6) is -5.43. The summed E-state index contributed by atoms with van der Waals surface area (Å²) >= 11 is 0. The van der Waals surface area contributed by atoms with Gasteiger partial charge in [-0.15, -0.1) is 0 Å². The molecule has 44 heavy (non-hydrogen) atoms. The molecule has 0 saturated carbocycles. The lowest BCUT2D eigenvalue weighted by Gasteiger charge is -2.31. The van der Waals surface area contributed by atoms with Crippen LogP contribution in [0.3, 0.4) is 0 Å². The lowest BCUT2D eigenvalue weighted by molar-refractivity contribution is -0.131. The van der Waals surface area contributed by atoms with E-state index in [2.05, 4.69) is 10.6 Å². The summed E-state index contributed by atoms with van der Waals surface area (Å²) in [5.41, 5.74) is 5.36. The molecule has 0 aliphatic rings. The zero-order chi connectivity index (χ0) is 33.1. The smallest absolute Gasteiger partial charge is 0.253 e. The number of nitrogens with zero attached hydrogens (tertiary/aromatic N) is 1. The third-order valence-corrected chi connectivity index (χ3v) is 7.07. The summed E-state index contributed by atoms with van der Waals surface area (Å²) in [6, 6.07) is 5.10. The van der Waals surface area contributed by atoms with Gasteiger partial charge in [-0.25, -0.2) is 8.78 Å². The zero-order valence-electron chi connectivity index (χ0n) is 25.9. The predicted molar refractivity (Wildman–Crippen MR) is 162 cm³/mol. The van der Waals surface area contributed by atoms with E-state index in [1.54, 1.807) is 4.90 Å². The van der Waals surface area contributed by atoms with Gasteiger partial charge in [-0.3, -0.25) is 19.2 Å². The van der Waals surface area contributed by atoms with Crippen molar-refractivity contribution in [1.29, 1.82) is 0 Å². The van der Waals surface area contributed by atoms with E-state index >= 15 is 0 Å². The van der Waals surface area contributed by atoms with Gasteiger partial charge in [-0.05, 0) is 61.1 Å². The number of rotatable bonds is 16. The maximum atomic E-state index is 14.0. The molecule has 2 rings (SSSR count). The number of halogens is 2. The number of aliphatic hydroxyl groups is 2. The Morgan fingerprint density at radius 1 is 0.841 bits per heavy atom. The molecule has 0 aliphatic heterocycles. The number of nitrogens with two attached hydrogens (primary N) is 1. The van der Waals surface area contributed by atoms with Crippen molar-refractivity contribution >= 4 is 23.6 Å². The van der Waals surface area contributed by atoms with Crippen molar-refractivity contribution in [3.8, 4) is 0 Å². The molecule has 2 aromatic rings. The fourth-order valence-corrected chi connectivity index (χ4v) is 4.71. The molecule has 0 aromatic heterocycles. The van der Waals surface area contributed by atoms with Crippen molar-refractivity contribution in [3.05, 3.63) is 70.3 Å². The number of carbonyl (C=O) groups excluding carboxylic acids is 4. The fraction of sp³-hybridized carbons (Fsp3) is 0.500. The number of primary amides is 1. The zero-order valence-corrected chi connectivity index (χ0v) is 25.9. The van der Waals surface area contributed by atoms with Gasteiger partial charge in [-0.1, -0.05) is 34.6 Å². The van der Waals surface area contributed by atoms with Crippen molar-refractivity contribution in [2.45, 2.75) is 72.1 Å². The highest BCUT2D eigenvalue weighted by Crippen LogP contribution is 2.19. The van der Waals surface area contributed by atoms with Gasteiger partial charge in [0.1, 0.15) is 17.7 Å². The highest BCUT2D eigenvalue weighted by molar-refractivity contribution is 6.04. The molecule has 12 heteroatoms. The molecule has 0 spiro atoms. The van der Waals surface area contributed by atoms with Crippen molar-refractivity contribution < 1.29 is 38.2 Å². The van der Waals surface area contributed by atoms with Crippen molar-refractivity contribution in [2.24, 2.45) is 17.6 Å². The summed E-state index contributed by atoms with van der Waals surface area (Å²) in [5, 5.41) is 27.3. The molecular weight excluding hydrogens is 574 g/mol. The Kier molecular flexibility index (Phi) is 13.9. The Hall–Kier alpha value is -3.90. The van der Waals surface area contributed by atoms with Crippen LogP contribution in [0.2, 0.25) is 0 Å². The molecule has 242 valence electrons. The average molecular weight is 619 g/mol. The summed E-state index contributed by atoms with van der Waals surface area (Å²) in [6.07, 6.45) is -2.41. The van der Waals surface area contributed by atoms with Crippen LogP contribution in [0.15, 0.2) is 36.4 Å². The normalized spacial score (nSPS) is 14.0. The van der Waals surface area contributed by atoms with Crippen LogP contribution in [-0.4, -0.2) is 76.6 Å². The van der Waals surface area contributed by atoms with Gasteiger partial charge < -0.3 is 31.5 Å². The van der Waals surface area contributed by atoms with Gasteiger partial charge in [0.05, 0.1) is 18.1 Å². The monoisotopic (exact) mass is 618 g/mol. The van der Waals surface area contributed by atoms with Crippen LogP contribution in [-0.2, 0) is 11.2 Å². The average Bonchev–Trinajstić information content (AvgIpc) is 2.96. The molecule has 4 amide bonds. The molecule has 4 atom stereocenters. The maximum absolute atomic E-state index is 14.0. The van der Waals surface area contributed by atoms with Gasteiger partial charge in [0.2, 0.25) is 11.8 Å². The molecule has 0 fully saturated rings. The Balaban J connectivity index is 2.47. The number of nitrogens with one attached hydrogen (secondary N) is 2.